The van der Waals surface area contributed by atoms with Gasteiger partial charge in [-0.1, -0.05) is 246 Å². The summed E-state index contributed by atoms with van der Waals surface area (Å²) in [4.78, 5) is 72.8. The lowest BCUT2D eigenvalue weighted by Gasteiger charge is -2.21. The summed E-state index contributed by atoms with van der Waals surface area (Å²) in [5.41, 5.74) is 0. The highest BCUT2D eigenvalue weighted by Crippen LogP contribution is 2.45. The first-order chi connectivity index (χ1) is 47.7. The molecule has 5 atom stereocenters. The highest BCUT2D eigenvalue weighted by atomic mass is 31.2. The van der Waals surface area contributed by atoms with E-state index in [-0.39, 0.29) is 25.7 Å². The van der Waals surface area contributed by atoms with E-state index in [1.807, 2.05) is 0 Å². The number of aliphatic hydroxyl groups excluding tert-OH is 1. The predicted molar refractivity (Wildman–Crippen MR) is 399 cm³/mol. The van der Waals surface area contributed by atoms with E-state index < -0.39 is 97.5 Å². The Labute approximate surface area is 593 Å². The smallest absolute Gasteiger partial charge is 0.462 e. The molecule has 0 rings (SSSR count). The summed E-state index contributed by atoms with van der Waals surface area (Å²) in [6, 6.07) is 0. The van der Waals surface area contributed by atoms with E-state index in [1.54, 1.807) is 0 Å². The molecular weight excluding hydrogens is 1280 g/mol. The monoisotopic (exact) mass is 1420 g/mol. The molecule has 0 amide bonds. The van der Waals surface area contributed by atoms with Gasteiger partial charge in [0.25, 0.3) is 0 Å². The van der Waals surface area contributed by atoms with E-state index >= 15 is 0 Å². The van der Waals surface area contributed by atoms with E-state index in [1.165, 1.54) is 38.5 Å². The summed E-state index contributed by atoms with van der Waals surface area (Å²) in [5.74, 6) is -2.25. The summed E-state index contributed by atoms with van der Waals surface area (Å²) in [7, 11) is -9.97. The molecule has 562 valence electrons. The number of aliphatic hydroxyl groups is 1. The van der Waals surface area contributed by atoms with E-state index in [0.717, 1.165) is 180 Å². The average molecular weight is 1420 g/mol. The van der Waals surface area contributed by atoms with Gasteiger partial charge in [0.1, 0.15) is 19.3 Å². The second-order valence-corrected chi connectivity index (χ2v) is 27.7. The Hall–Kier alpha value is -4.54. The van der Waals surface area contributed by atoms with Gasteiger partial charge in [0.15, 0.2) is 12.2 Å². The lowest BCUT2D eigenvalue weighted by atomic mass is 10.1. The molecule has 0 aliphatic rings. The Morgan fingerprint density at radius 1 is 0.296 bits per heavy atom. The zero-order valence-corrected chi connectivity index (χ0v) is 63.0. The van der Waals surface area contributed by atoms with Gasteiger partial charge < -0.3 is 33.8 Å². The van der Waals surface area contributed by atoms with Crippen molar-refractivity contribution in [2.75, 3.05) is 39.6 Å². The fourth-order valence-electron chi connectivity index (χ4n) is 9.65. The molecule has 0 saturated carbocycles. The van der Waals surface area contributed by atoms with Gasteiger partial charge in [-0.05, 0) is 148 Å². The fourth-order valence-corrected chi connectivity index (χ4v) is 11.2. The molecule has 0 spiro atoms. The maximum Gasteiger partial charge on any atom is 0.472 e. The number of hydrogen-bond donors (Lipinski definition) is 3. The highest BCUT2D eigenvalue weighted by Gasteiger charge is 2.30. The Morgan fingerprint density at radius 3 is 0.857 bits per heavy atom. The summed E-state index contributed by atoms with van der Waals surface area (Å²) >= 11 is 0. The SMILES string of the molecule is CC/C=C\C/C=C\C/C=C\C/C=C\CCCCCCC(=O)OCC(COP(=O)(O)OCC(O)COP(=O)(O)OCC(COC(=O)CCCCCCC/C=C\CCCCCC)OC(=O)CCCCCCC/C=C\CCCC)OC(=O)CCCCCC/C=C\C/C=C\C/C=C\C/C=C\CC. The number of esters is 4. The molecule has 3 N–H and O–H groups in total. The van der Waals surface area contributed by atoms with Gasteiger partial charge in [-0.2, -0.15) is 0 Å². The third-order valence-electron chi connectivity index (χ3n) is 15.4. The number of hydrogen-bond acceptors (Lipinski definition) is 15. The molecule has 5 unspecified atom stereocenters. The van der Waals surface area contributed by atoms with Crippen LogP contribution in [0.25, 0.3) is 0 Å². The normalized spacial score (nSPS) is 14.6. The van der Waals surface area contributed by atoms with Gasteiger partial charge in [0, 0.05) is 25.7 Å². The topological polar surface area (TPSA) is 237 Å². The first-order valence-corrected chi connectivity index (χ1v) is 40.8. The number of ether oxygens (including phenoxy) is 4. The zero-order chi connectivity index (χ0) is 71.8. The van der Waals surface area contributed by atoms with Crippen molar-refractivity contribution in [2.45, 2.75) is 316 Å². The van der Waals surface area contributed by atoms with Gasteiger partial charge in [-0.25, -0.2) is 9.13 Å². The van der Waals surface area contributed by atoms with Gasteiger partial charge in [-0.3, -0.25) is 37.3 Å². The van der Waals surface area contributed by atoms with E-state index in [2.05, 4.69) is 149 Å². The van der Waals surface area contributed by atoms with Crippen molar-refractivity contribution < 1.29 is 80.2 Å². The second-order valence-electron chi connectivity index (χ2n) is 24.8. The molecule has 0 fully saturated rings. The van der Waals surface area contributed by atoms with Crippen molar-refractivity contribution in [2.24, 2.45) is 0 Å². The molecule has 0 heterocycles. The minimum Gasteiger partial charge on any atom is -0.462 e. The molecule has 0 radical (unpaired) electrons. The molecule has 0 aliphatic carbocycles. The second kappa shape index (κ2) is 70.9. The van der Waals surface area contributed by atoms with Crippen LogP contribution in [0.5, 0.6) is 0 Å². The van der Waals surface area contributed by atoms with E-state index in [9.17, 15) is 43.2 Å². The highest BCUT2D eigenvalue weighted by molar-refractivity contribution is 7.47. The van der Waals surface area contributed by atoms with Crippen LogP contribution in [0, 0.1) is 0 Å². The van der Waals surface area contributed by atoms with E-state index in [4.69, 9.17) is 37.0 Å². The van der Waals surface area contributed by atoms with Gasteiger partial charge in [-0.15, -0.1) is 0 Å². The number of unbranched alkanes of at least 4 members (excludes halogenated alkanes) is 24. The van der Waals surface area contributed by atoms with Crippen LogP contribution in [0.3, 0.4) is 0 Å². The van der Waals surface area contributed by atoms with Crippen LogP contribution in [0.15, 0.2) is 122 Å². The predicted octanol–water partition coefficient (Wildman–Crippen LogP) is 21.6. The first kappa shape index (κ1) is 93.5. The van der Waals surface area contributed by atoms with Crippen molar-refractivity contribution in [3.8, 4) is 0 Å². The van der Waals surface area contributed by atoms with Gasteiger partial charge in [0.2, 0.25) is 0 Å². The van der Waals surface area contributed by atoms with Crippen molar-refractivity contribution in [3.05, 3.63) is 122 Å². The third kappa shape index (κ3) is 69.9. The van der Waals surface area contributed by atoms with Crippen LogP contribution in [0.4, 0.5) is 0 Å². The Bertz CT molecular complexity index is 2340. The van der Waals surface area contributed by atoms with Crippen molar-refractivity contribution >= 4 is 39.5 Å². The number of allylic oxidation sites excluding steroid dienone is 20. The summed E-state index contributed by atoms with van der Waals surface area (Å²) in [6.07, 6.45) is 76.2. The molecule has 0 saturated heterocycles. The minimum absolute atomic E-state index is 0.0583. The molecule has 0 aliphatic heterocycles. The van der Waals surface area contributed by atoms with Crippen LogP contribution < -0.4 is 0 Å². The summed E-state index contributed by atoms with van der Waals surface area (Å²) in [6.45, 7) is 4.51. The molecule has 17 nitrogen and oxygen atoms in total. The third-order valence-corrected chi connectivity index (χ3v) is 17.3. The minimum atomic E-state index is -4.99. The van der Waals surface area contributed by atoms with Gasteiger partial charge >= 0.3 is 39.5 Å². The fraction of sp³-hybridized carbons (Fsp3) is 0.696. The molecule has 0 bridgehead atoms. The molecule has 0 aromatic heterocycles. The molecule has 98 heavy (non-hydrogen) atoms. The first-order valence-electron chi connectivity index (χ1n) is 37.8. The van der Waals surface area contributed by atoms with Gasteiger partial charge in [0.05, 0.1) is 26.4 Å². The number of phosphoric acid groups is 2. The van der Waals surface area contributed by atoms with Crippen molar-refractivity contribution in [1.82, 2.24) is 0 Å². The average Bonchev–Trinajstić information content (AvgIpc) is 0.980. The van der Waals surface area contributed by atoms with Crippen LogP contribution in [0.2, 0.25) is 0 Å². The summed E-state index contributed by atoms with van der Waals surface area (Å²) < 4.78 is 68.4. The quantitative estimate of drug-likeness (QED) is 0.0169. The molecule has 0 aromatic rings. The Morgan fingerprint density at radius 2 is 0.541 bits per heavy atom. The number of rotatable bonds is 70. The molecular formula is C79H134O17P2. The van der Waals surface area contributed by atoms with Crippen molar-refractivity contribution in [1.29, 1.82) is 0 Å². The molecule has 0 aromatic carbocycles. The van der Waals surface area contributed by atoms with Crippen LogP contribution in [0.1, 0.15) is 297 Å². The lowest BCUT2D eigenvalue weighted by Crippen LogP contribution is -2.30. The molecule has 19 heteroatoms. The van der Waals surface area contributed by atoms with Crippen LogP contribution in [-0.4, -0.2) is 96.7 Å². The largest absolute Gasteiger partial charge is 0.472 e. The number of carbonyl (C=O) groups is 4. The number of carbonyl (C=O) groups excluding carboxylic acids is 4. The summed E-state index contributed by atoms with van der Waals surface area (Å²) in [5, 5.41) is 10.6. The standard InChI is InChI=1S/C79H134O17P2/c1-5-9-13-17-21-25-29-32-34-36-38-41-45-48-52-56-60-64-77(82)90-70-75(96-79(84)66-62-58-54-50-46-42-39-37-35-33-30-26-22-18-14-10-6-2)72-94-98(87,88)92-68-73(80)67-91-97(85,86)93-71-74(95-78(83)65-61-57-53-49-43-28-24-20-16-12-8-4)69-89-76(81)63-59-55-51-47-44-40-31-27-23-19-15-11-7-3/h9-10,13-14,20-22,24-27,31-35,38-39,41-42,73-75,80H,5-8,11-12,15-19,23,28-30,36-37,40,43-72H2,1-4H3,(H,85,86)(H,87,88)/b13-9-,14-10-,24-20-,25-21-,26-22-,31-27-,34-32-,35-33-,41-38-,42-39-. The maximum atomic E-state index is 13.1. The van der Waals surface area contributed by atoms with E-state index in [0.29, 0.717) is 25.7 Å². The number of phosphoric ester groups is 2. The lowest BCUT2D eigenvalue weighted by molar-refractivity contribution is -0.161. The zero-order valence-electron chi connectivity index (χ0n) is 61.2. The Balaban J connectivity index is 5.39. The van der Waals surface area contributed by atoms with Crippen LogP contribution in [-0.2, 0) is 65.4 Å². The Kier molecular flexibility index (Phi) is 67.6. The van der Waals surface area contributed by atoms with Crippen LogP contribution >= 0.6 is 15.6 Å². The van der Waals surface area contributed by atoms with Crippen molar-refractivity contribution in [3.63, 3.8) is 0 Å². The maximum absolute atomic E-state index is 13.1.